The maximum absolute atomic E-state index is 14.4. The lowest BCUT2D eigenvalue weighted by molar-refractivity contribution is -0.133. The minimum absolute atomic E-state index is 0.142. The third-order valence-corrected chi connectivity index (χ3v) is 9.68. The van der Waals surface area contributed by atoms with E-state index in [0.29, 0.717) is 30.1 Å². The van der Waals surface area contributed by atoms with Gasteiger partial charge in [-0.15, -0.1) is 0 Å². The van der Waals surface area contributed by atoms with Gasteiger partial charge in [0.05, 0.1) is 5.69 Å². The number of rotatable bonds is 8. The molecule has 0 aromatic heterocycles. The summed E-state index contributed by atoms with van der Waals surface area (Å²) in [5.74, 6) is 0.569. The van der Waals surface area contributed by atoms with E-state index in [4.69, 9.17) is 11.6 Å². The molecule has 3 aliphatic rings. The van der Waals surface area contributed by atoms with Crippen molar-refractivity contribution in [2.75, 3.05) is 71.4 Å². The molecule has 3 aliphatic heterocycles. The Morgan fingerprint density at radius 1 is 0.950 bits per heavy atom. The van der Waals surface area contributed by atoms with Crippen molar-refractivity contribution in [2.24, 2.45) is 5.92 Å². The second kappa shape index (κ2) is 13.6. The van der Waals surface area contributed by atoms with Crippen LogP contribution in [0, 0.1) is 11.7 Å². The summed E-state index contributed by atoms with van der Waals surface area (Å²) in [5.41, 5.74) is 1.98. The second-order valence-electron chi connectivity index (χ2n) is 12.0. The fourth-order valence-electron chi connectivity index (χ4n) is 6.92. The van der Waals surface area contributed by atoms with Crippen molar-refractivity contribution in [3.63, 3.8) is 0 Å². The first kappa shape index (κ1) is 29.3. The fraction of sp³-hybridized carbons (Fsp3) is 0.594. The molecule has 6 nitrogen and oxygen atoms in total. The second-order valence-corrected chi connectivity index (χ2v) is 12.5. The molecule has 2 aromatic rings. The van der Waals surface area contributed by atoms with Gasteiger partial charge in [-0.1, -0.05) is 35.9 Å². The number of halogens is 2. The highest BCUT2D eigenvalue weighted by molar-refractivity contribution is 6.30. The third kappa shape index (κ3) is 7.35. The number of piperidine rings is 2. The Morgan fingerprint density at radius 3 is 2.35 bits per heavy atom. The molecular weight excluding hydrogens is 525 g/mol. The molecule has 218 valence electrons. The van der Waals surface area contributed by atoms with Crippen molar-refractivity contribution >= 4 is 23.2 Å². The van der Waals surface area contributed by atoms with Gasteiger partial charge in [-0.2, -0.15) is 0 Å². The van der Waals surface area contributed by atoms with Crippen LogP contribution in [0.3, 0.4) is 0 Å². The van der Waals surface area contributed by atoms with E-state index in [9.17, 15) is 9.18 Å². The molecule has 0 radical (unpaired) electrons. The fourth-order valence-corrected chi connectivity index (χ4v) is 7.05. The zero-order chi connectivity index (χ0) is 28.1. The van der Waals surface area contributed by atoms with E-state index >= 15 is 0 Å². The highest BCUT2D eigenvalue weighted by Crippen LogP contribution is 2.30. The number of likely N-dealkylation sites (tertiary alicyclic amines) is 2. The molecule has 0 N–H and O–H groups in total. The quantitative estimate of drug-likeness (QED) is 0.455. The van der Waals surface area contributed by atoms with Crippen molar-refractivity contribution < 1.29 is 9.18 Å². The van der Waals surface area contributed by atoms with Crippen LogP contribution in [0.5, 0.6) is 0 Å². The van der Waals surface area contributed by atoms with Gasteiger partial charge in [0.1, 0.15) is 5.82 Å². The predicted octanol–water partition coefficient (Wildman–Crippen LogP) is 4.82. The number of hydrogen-bond acceptors (Lipinski definition) is 5. The molecule has 40 heavy (non-hydrogen) atoms. The van der Waals surface area contributed by atoms with Gasteiger partial charge >= 0.3 is 0 Å². The molecule has 0 spiro atoms. The number of para-hydroxylation sites is 1. The molecule has 0 saturated carbocycles. The van der Waals surface area contributed by atoms with Crippen LogP contribution >= 0.6 is 11.6 Å². The Morgan fingerprint density at radius 2 is 1.65 bits per heavy atom. The van der Waals surface area contributed by atoms with E-state index in [2.05, 4.69) is 38.8 Å². The van der Waals surface area contributed by atoms with Crippen LogP contribution in [-0.4, -0.2) is 104 Å². The van der Waals surface area contributed by atoms with Gasteiger partial charge in [-0.25, -0.2) is 4.39 Å². The Balaban J connectivity index is 1.22. The first-order valence-corrected chi connectivity index (χ1v) is 15.4. The summed E-state index contributed by atoms with van der Waals surface area (Å²) >= 11 is 6.12. The summed E-state index contributed by atoms with van der Waals surface area (Å²) in [4.78, 5) is 25.0. The number of carbonyl (C=O) groups is 1. The summed E-state index contributed by atoms with van der Waals surface area (Å²) in [6.07, 6.45) is 4.73. The molecule has 5 rings (SSSR count). The summed E-state index contributed by atoms with van der Waals surface area (Å²) < 4.78 is 14.4. The standard InChI is InChI=1S/C32H45ClFN5O/c1-35-16-13-28(14-17-35)36(2)32(40)12-9-26-24-37(23-25-7-10-27(33)11-8-25)18-15-30(26)38-19-21-39(22-20-38)31-6-4-3-5-29(31)34/h3-8,10-11,26,28,30H,9,12-24H2,1-2H3/t26-,30+/m1/s1. The normalized spacial score (nSPS) is 23.9. The number of piperazine rings is 1. The number of benzene rings is 2. The van der Waals surface area contributed by atoms with Crippen molar-refractivity contribution in [3.8, 4) is 0 Å². The Labute approximate surface area is 244 Å². The summed E-state index contributed by atoms with van der Waals surface area (Å²) in [6.45, 7) is 8.58. The largest absolute Gasteiger partial charge is 0.367 e. The van der Waals surface area contributed by atoms with Crippen LogP contribution in [0.4, 0.5) is 10.1 Å². The van der Waals surface area contributed by atoms with Crippen molar-refractivity contribution in [3.05, 3.63) is 64.9 Å². The first-order valence-electron chi connectivity index (χ1n) is 15.0. The highest BCUT2D eigenvalue weighted by atomic mass is 35.5. The number of amides is 1. The molecule has 2 aromatic carbocycles. The third-order valence-electron chi connectivity index (χ3n) is 9.43. The Kier molecular flexibility index (Phi) is 10.00. The van der Waals surface area contributed by atoms with Crippen LogP contribution in [0.1, 0.15) is 37.7 Å². The maximum atomic E-state index is 14.4. The molecular formula is C32H45ClFN5O. The lowest BCUT2D eigenvalue weighted by Crippen LogP contribution is -2.57. The van der Waals surface area contributed by atoms with E-state index in [0.717, 1.165) is 89.6 Å². The molecule has 0 unspecified atom stereocenters. The highest BCUT2D eigenvalue weighted by Gasteiger charge is 2.35. The zero-order valence-corrected chi connectivity index (χ0v) is 24.9. The van der Waals surface area contributed by atoms with Gasteiger partial charge in [-0.05, 0) is 88.1 Å². The smallest absolute Gasteiger partial charge is 0.222 e. The SMILES string of the molecule is CN1CCC(N(C)C(=O)CC[C@@H]2CN(Cc3ccc(Cl)cc3)CC[C@@H]2N2CCN(c3ccccc3F)CC2)CC1. The van der Waals surface area contributed by atoms with Crippen LogP contribution in [0.2, 0.25) is 5.02 Å². The summed E-state index contributed by atoms with van der Waals surface area (Å²) in [6, 6.07) is 16.1. The van der Waals surface area contributed by atoms with E-state index in [1.165, 1.54) is 5.56 Å². The van der Waals surface area contributed by atoms with Crippen LogP contribution in [0.25, 0.3) is 0 Å². The van der Waals surface area contributed by atoms with E-state index in [1.807, 2.05) is 36.2 Å². The van der Waals surface area contributed by atoms with E-state index in [1.54, 1.807) is 12.1 Å². The lowest BCUT2D eigenvalue weighted by atomic mass is 9.86. The molecule has 3 heterocycles. The zero-order valence-electron chi connectivity index (χ0n) is 24.2. The maximum Gasteiger partial charge on any atom is 0.222 e. The van der Waals surface area contributed by atoms with E-state index in [-0.39, 0.29) is 11.7 Å². The van der Waals surface area contributed by atoms with Gasteiger partial charge in [0.15, 0.2) is 0 Å². The topological polar surface area (TPSA) is 33.3 Å². The van der Waals surface area contributed by atoms with E-state index < -0.39 is 0 Å². The van der Waals surface area contributed by atoms with Crippen molar-refractivity contribution in [2.45, 2.75) is 50.7 Å². The van der Waals surface area contributed by atoms with Gasteiger partial charge in [0, 0.05) is 69.8 Å². The number of anilines is 1. The van der Waals surface area contributed by atoms with Gasteiger partial charge in [-0.3, -0.25) is 14.6 Å². The van der Waals surface area contributed by atoms with Crippen LogP contribution < -0.4 is 4.90 Å². The monoisotopic (exact) mass is 569 g/mol. The Hall–Kier alpha value is -2.19. The molecule has 3 saturated heterocycles. The summed E-state index contributed by atoms with van der Waals surface area (Å²) in [7, 11) is 4.17. The molecule has 0 aliphatic carbocycles. The number of hydrogen-bond donors (Lipinski definition) is 0. The van der Waals surface area contributed by atoms with Crippen LogP contribution in [0.15, 0.2) is 48.5 Å². The average molecular weight is 570 g/mol. The molecule has 8 heteroatoms. The van der Waals surface area contributed by atoms with Crippen molar-refractivity contribution in [1.29, 1.82) is 0 Å². The van der Waals surface area contributed by atoms with Gasteiger partial charge < -0.3 is 14.7 Å². The number of nitrogens with zero attached hydrogens (tertiary/aromatic N) is 5. The lowest BCUT2D eigenvalue weighted by Gasteiger charge is -2.47. The van der Waals surface area contributed by atoms with Gasteiger partial charge in [0.2, 0.25) is 5.91 Å². The number of carbonyl (C=O) groups excluding carboxylic acids is 1. The first-order chi connectivity index (χ1) is 19.4. The predicted molar refractivity (Wildman–Crippen MR) is 161 cm³/mol. The van der Waals surface area contributed by atoms with Crippen LogP contribution in [-0.2, 0) is 11.3 Å². The molecule has 1 amide bonds. The van der Waals surface area contributed by atoms with Crippen molar-refractivity contribution in [1.82, 2.24) is 19.6 Å². The molecule has 2 atom stereocenters. The molecule has 0 bridgehead atoms. The average Bonchev–Trinajstić information content (AvgIpc) is 2.98. The van der Waals surface area contributed by atoms with Gasteiger partial charge in [0.25, 0.3) is 0 Å². The summed E-state index contributed by atoms with van der Waals surface area (Å²) in [5, 5.41) is 0.766. The minimum atomic E-state index is -0.142. The Bertz CT molecular complexity index is 1100. The molecule has 3 fully saturated rings. The minimum Gasteiger partial charge on any atom is -0.367 e.